The number of carbonyl (C=O) groups is 1. The first-order valence-corrected chi connectivity index (χ1v) is 1.28. The summed E-state index contributed by atoms with van der Waals surface area (Å²) in [5.74, 6) is 9.08. The molecule has 0 saturated carbocycles. The van der Waals surface area contributed by atoms with E-state index in [-0.39, 0.29) is 13.5 Å². The van der Waals surface area contributed by atoms with Crippen LogP contribution in [0.1, 0.15) is 0 Å². The molecule has 0 aromatic heterocycles. The minimum Gasteiger partial charge on any atom is -0.275 e. The molecule has 6 N–H and O–H groups in total. The van der Waals surface area contributed by atoms with Gasteiger partial charge in [-0.1, -0.05) is 0 Å². The summed E-state index contributed by atoms with van der Waals surface area (Å²) >= 11 is 0. The van der Waals surface area contributed by atoms with E-state index in [1.165, 1.54) is 0 Å². The Morgan fingerprint density at radius 1 is 1.29 bits per heavy atom. The van der Waals surface area contributed by atoms with Gasteiger partial charge in [-0.25, -0.2) is 16.5 Å². The van der Waals surface area contributed by atoms with E-state index in [1.807, 2.05) is 0 Å². The summed E-state index contributed by atoms with van der Waals surface area (Å²) in [6.07, 6.45) is 0. The molecule has 5 nitrogen and oxygen atoms in total. The zero-order valence-electron chi connectivity index (χ0n) is 3.56. The molecule has 0 aliphatic carbocycles. The van der Waals surface area contributed by atoms with Gasteiger partial charge in [-0.05, 0) is 0 Å². The van der Waals surface area contributed by atoms with Crippen LogP contribution in [0.15, 0.2) is 0 Å². The minimum atomic E-state index is -0.602. The summed E-state index contributed by atoms with van der Waals surface area (Å²) in [6.45, 7) is 0. The molecule has 0 bridgehead atoms. The second-order valence-electron chi connectivity index (χ2n) is 0.618. The number of hydrazine groups is 2. The van der Waals surface area contributed by atoms with Gasteiger partial charge in [-0.3, -0.25) is 10.9 Å². The van der Waals surface area contributed by atoms with Gasteiger partial charge in [0.25, 0.3) is 0 Å². The quantitative estimate of drug-likeness (QED) is 0.173. The fourth-order valence-electron chi connectivity index (χ4n) is 0.0417. The third-order valence-electron chi connectivity index (χ3n) is 0.262. The van der Waals surface area contributed by atoms with Gasteiger partial charge in [0.05, 0.1) is 0 Å². The SMILES string of the molecule is NNC(=O)NN.S. The third kappa shape index (κ3) is 5.54. The van der Waals surface area contributed by atoms with Crippen molar-refractivity contribution in [3.63, 3.8) is 0 Å². The van der Waals surface area contributed by atoms with Gasteiger partial charge in [0.15, 0.2) is 0 Å². The lowest BCUT2D eigenvalue weighted by atomic mass is 11.1. The van der Waals surface area contributed by atoms with Crippen molar-refractivity contribution < 1.29 is 4.79 Å². The van der Waals surface area contributed by atoms with Gasteiger partial charge < -0.3 is 0 Å². The molecule has 0 aliphatic heterocycles. The van der Waals surface area contributed by atoms with Crippen LogP contribution in [0, 0.1) is 0 Å². The first-order valence-electron chi connectivity index (χ1n) is 1.28. The zero-order chi connectivity index (χ0) is 4.99. The minimum absolute atomic E-state index is 0. The number of amides is 2. The lowest BCUT2D eigenvalue weighted by molar-refractivity contribution is 0.241. The van der Waals surface area contributed by atoms with Crippen molar-refractivity contribution in [3.8, 4) is 0 Å². The van der Waals surface area contributed by atoms with Gasteiger partial charge in [0.1, 0.15) is 0 Å². The van der Waals surface area contributed by atoms with Crippen LogP contribution >= 0.6 is 13.5 Å². The Morgan fingerprint density at radius 2 is 1.57 bits per heavy atom. The second kappa shape index (κ2) is 5.54. The molecular formula is CH8N4OS. The molecule has 0 radical (unpaired) electrons. The average Bonchev–Trinajstić information content (AvgIpc) is 1.65. The predicted molar refractivity (Wildman–Crippen MR) is 30.4 cm³/mol. The van der Waals surface area contributed by atoms with E-state index in [9.17, 15) is 4.79 Å². The molecular weight excluding hydrogens is 116 g/mol. The highest BCUT2D eigenvalue weighted by Crippen LogP contribution is 1.42. The maximum Gasteiger partial charge on any atom is 0.343 e. The van der Waals surface area contributed by atoms with Crippen molar-refractivity contribution in [2.45, 2.75) is 0 Å². The molecule has 0 aromatic carbocycles. The van der Waals surface area contributed by atoms with Crippen LogP contribution < -0.4 is 22.5 Å². The molecule has 0 fully saturated rings. The normalized spacial score (nSPS) is 6.00. The molecule has 7 heavy (non-hydrogen) atoms. The lowest BCUT2D eigenvalue weighted by Crippen LogP contribution is -2.43. The van der Waals surface area contributed by atoms with Crippen LogP contribution in [0.25, 0.3) is 0 Å². The lowest BCUT2D eigenvalue weighted by Gasteiger charge is -1.90. The summed E-state index contributed by atoms with van der Waals surface area (Å²) in [7, 11) is 0. The van der Waals surface area contributed by atoms with Gasteiger partial charge in [0, 0.05) is 0 Å². The van der Waals surface area contributed by atoms with Crippen molar-refractivity contribution in [3.05, 3.63) is 0 Å². The Kier molecular flexibility index (Phi) is 7.71. The van der Waals surface area contributed by atoms with Crippen molar-refractivity contribution in [2.75, 3.05) is 0 Å². The fourth-order valence-corrected chi connectivity index (χ4v) is 0.0417. The Morgan fingerprint density at radius 3 is 1.57 bits per heavy atom. The van der Waals surface area contributed by atoms with Crippen LogP contribution in [0.3, 0.4) is 0 Å². The highest BCUT2D eigenvalue weighted by atomic mass is 32.1. The first-order chi connectivity index (χ1) is 2.81. The number of carbonyl (C=O) groups excluding carboxylic acids is 1. The van der Waals surface area contributed by atoms with E-state index in [1.54, 1.807) is 10.9 Å². The second-order valence-corrected chi connectivity index (χ2v) is 0.618. The Hall–Kier alpha value is -0.460. The molecule has 0 atom stereocenters. The maximum absolute atomic E-state index is 9.71. The van der Waals surface area contributed by atoms with Gasteiger partial charge >= 0.3 is 6.03 Å². The van der Waals surface area contributed by atoms with E-state index in [0.29, 0.717) is 0 Å². The van der Waals surface area contributed by atoms with Gasteiger partial charge in [-0.2, -0.15) is 13.5 Å². The Balaban J connectivity index is 0. The van der Waals surface area contributed by atoms with Crippen molar-refractivity contribution in [1.29, 1.82) is 0 Å². The number of rotatable bonds is 0. The standard InChI is InChI=1S/CH6N4O.H2S/c2-4-1(6)5-3;/h2-3H2,(H2,4,5,6);1H2. The Bertz CT molecular complexity index is 49.7. The molecule has 0 spiro atoms. The van der Waals surface area contributed by atoms with Crippen molar-refractivity contribution in [2.24, 2.45) is 11.7 Å². The summed E-state index contributed by atoms with van der Waals surface area (Å²) in [4.78, 5) is 9.71. The number of urea groups is 1. The number of hydrogen-bond acceptors (Lipinski definition) is 3. The van der Waals surface area contributed by atoms with Crippen LogP contribution in [0.4, 0.5) is 4.79 Å². The zero-order valence-corrected chi connectivity index (χ0v) is 4.56. The van der Waals surface area contributed by atoms with Gasteiger partial charge in [-0.15, -0.1) is 0 Å². The molecule has 6 heteroatoms. The Labute approximate surface area is 47.8 Å². The van der Waals surface area contributed by atoms with Crippen LogP contribution in [0.2, 0.25) is 0 Å². The average molecular weight is 124 g/mol. The summed E-state index contributed by atoms with van der Waals surface area (Å²) in [6, 6.07) is -0.602. The molecule has 0 saturated heterocycles. The molecule has 0 aromatic rings. The summed E-state index contributed by atoms with van der Waals surface area (Å²) in [5, 5.41) is 0. The maximum atomic E-state index is 9.71. The molecule has 0 heterocycles. The van der Waals surface area contributed by atoms with Crippen molar-refractivity contribution >= 4 is 19.5 Å². The largest absolute Gasteiger partial charge is 0.343 e. The van der Waals surface area contributed by atoms with Crippen LogP contribution in [0.5, 0.6) is 0 Å². The number of nitrogens with one attached hydrogen (secondary N) is 2. The smallest absolute Gasteiger partial charge is 0.275 e. The summed E-state index contributed by atoms with van der Waals surface area (Å²) < 4.78 is 0. The molecule has 0 unspecified atom stereocenters. The highest BCUT2D eigenvalue weighted by molar-refractivity contribution is 7.59. The molecule has 44 valence electrons. The van der Waals surface area contributed by atoms with E-state index in [4.69, 9.17) is 0 Å². The number of hydrogen-bond donors (Lipinski definition) is 4. The summed E-state index contributed by atoms with van der Waals surface area (Å²) in [5.41, 5.74) is 3.48. The topological polar surface area (TPSA) is 93.2 Å². The monoisotopic (exact) mass is 124 g/mol. The molecule has 0 rings (SSSR count). The van der Waals surface area contributed by atoms with Crippen LogP contribution in [-0.2, 0) is 0 Å². The van der Waals surface area contributed by atoms with E-state index < -0.39 is 6.03 Å². The van der Waals surface area contributed by atoms with Gasteiger partial charge in [0.2, 0.25) is 0 Å². The first kappa shape index (κ1) is 9.74. The van der Waals surface area contributed by atoms with Crippen molar-refractivity contribution in [1.82, 2.24) is 10.9 Å². The fraction of sp³-hybridized carbons (Fsp3) is 0. The van der Waals surface area contributed by atoms with E-state index >= 15 is 0 Å². The van der Waals surface area contributed by atoms with E-state index in [2.05, 4.69) is 11.7 Å². The molecule has 2 amide bonds. The van der Waals surface area contributed by atoms with Crippen LogP contribution in [-0.4, -0.2) is 6.03 Å². The predicted octanol–water partition coefficient (Wildman–Crippen LogP) is -1.85. The molecule has 0 aliphatic rings. The van der Waals surface area contributed by atoms with E-state index in [0.717, 1.165) is 0 Å². The number of nitrogens with two attached hydrogens (primary N) is 2. The highest BCUT2D eigenvalue weighted by Gasteiger charge is 1.82. The third-order valence-corrected chi connectivity index (χ3v) is 0.262.